The molecule has 4 bridgehead atoms. The SMILES string of the molecule is CC1(C)CCC(C)(C)c2c(N(c3ccc(-c4ccccc4)cc3)c3ccc(-c4ccc5c(c4)C4(c6ccccc6-5)C5CC6CC(C5)CC4C6)cc3)cccc21. The predicted octanol–water partition coefficient (Wildman–Crippen LogP) is 14.6. The molecular weight excluding hydrogens is 663 g/mol. The third-order valence-corrected chi connectivity index (χ3v) is 15.3. The molecule has 0 aromatic heterocycles. The van der Waals surface area contributed by atoms with E-state index in [0.29, 0.717) is 0 Å². The number of nitrogens with zero attached hydrogens (tertiary/aromatic N) is 1. The quantitative estimate of drug-likeness (QED) is 0.172. The molecule has 4 fully saturated rings. The van der Waals surface area contributed by atoms with E-state index in [2.05, 4.69) is 172 Å². The Balaban J connectivity index is 1.02. The van der Waals surface area contributed by atoms with Crippen LogP contribution in [0.25, 0.3) is 33.4 Å². The Labute approximate surface area is 328 Å². The minimum absolute atomic E-state index is 0.0689. The van der Waals surface area contributed by atoms with Crippen molar-refractivity contribution in [1.29, 1.82) is 0 Å². The number of benzene rings is 6. The van der Waals surface area contributed by atoms with E-state index in [1.807, 2.05) is 0 Å². The highest BCUT2D eigenvalue weighted by Crippen LogP contribution is 2.69. The predicted molar refractivity (Wildman–Crippen MR) is 231 cm³/mol. The monoisotopic (exact) mass is 715 g/mol. The molecule has 4 saturated carbocycles. The third-order valence-electron chi connectivity index (χ3n) is 15.3. The zero-order valence-electron chi connectivity index (χ0n) is 33.0. The molecule has 1 nitrogen and oxygen atoms in total. The Morgan fingerprint density at radius 2 is 0.964 bits per heavy atom. The Morgan fingerprint density at radius 1 is 0.436 bits per heavy atom. The summed E-state index contributed by atoms with van der Waals surface area (Å²) in [5, 5.41) is 0. The third kappa shape index (κ3) is 4.97. The number of hydrogen-bond acceptors (Lipinski definition) is 1. The van der Waals surface area contributed by atoms with Gasteiger partial charge in [-0.25, -0.2) is 0 Å². The van der Waals surface area contributed by atoms with Gasteiger partial charge in [0.2, 0.25) is 0 Å². The van der Waals surface area contributed by atoms with Crippen LogP contribution in [0, 0.1) is 23.7 Å². The summed E-state index contributed by atoms with van der Waals surface area (Å²) >= 11 is 0. The van der Waals surface area contributed by atoms with Gasteiger partial charge in [0, 0.05) is 16.8 Å². The number of fused-ring (bicyclic) bond motifs is 4. The first-order valence-electron chi connectivity index (χ1n) is 21.2. The van der Waals surface area contributed by atoms with Crippen molar-refractivity contribution in [3.63, 3.8) is 0 Å². The highest BCUT2D eigenvalue weighted by Gasteiger charge is 2.61. The zero-order valence-corrected chi connectivity index (χ0v) is 33.0. The fourth-order valence-electron chi connectivity index (χ4n) is 12.9. The second-order valence-corrected chi connectivity index (χ2v) is 19.2. The van der Waals surface area contributed by atoms with Crippen LogP contribution in [0.2, 0.25) is 0 Å². The summed E-state index contributed by atoms with van der Waals surface area (Å²) in [6.45, 7) is 9.77. The van der Waals surface area contributed by atoms with E-state index in [9.17, 15) is 0 Å². The lowest BCUT2D eigenvalue weighted by Crippen LogP contribution is -2.55. The van der Waals surface area contributed by atoms with E-state index < -0.39 is 0 Å². The summed E-state index contributed by atoms with van der Waals surface area (Å²) in [7, 11) is 0. The Hall–Kier alpha value is -4.88. The topological polar surface area (TPSA) is 3.24 Å². The van der Waals surface area contributed by atoms with E-state index >= 15 is 0 Å². The lowest BCUT2D eigenvalue weighted by atomic mass is 9.43. The molecule has 0 unspecified atom stereocenters. The van der Waals surface area contributed by atoms with Crippen LogP contribution < -0.4 is 4.90 Å². The van der Waals surface area contributed by atoms with Crippen LogP contribution in [0.4, 0.5) is 17.1 Å². The molecule has 274 valence electrons. The summed E-state index contributed by atoms with van der Waals surface area (Å²) in [6, 6.07) is 53.5. The minimum Gasteiger partial charge on any atom is -0.310 e. The largest absolute Gasteiger partial charge is 0.310 e. The molecule has 0 atom stereocenters. The molecule has 1 spiro atoms. The fraction of sp³-hybridized carbons (Fsp3) is 0.333. The Morgan fingerprint density at radius 3 is 1.64 bits per heavy atom. The van der Waals surface area contributed by atoms with Crippen molar-refractivity contribution in [1.82, 2.24) is 0 Å². The van der Waals surface area contributed by atoms with E-state index in [0.717, 1.165) is 23.7 Å². The number of anilines is 3. The van der Waals surface area contributed by atoms with Crippen LogP contribution in [0.5, 0.6) is 0 Å². The van der Waals surface area contributed by atoms with Crippen LogP contribution in [0.1, 0.15) is 94.9 Å². The molecule has 0 heterocycles. The normalized spacial score (nSPS) is 26.0. The maximum atomic E-state index is 2.63. The van der Waals surface area contributed by atoms with E-state index in [-0.39, 0.29) is 16.2 Å². The molecule has 6 aromatic carbocycles. The summed E-state index contributed by atoms with van der Waals surface area (Å²) < 4.78 is 0. The van der Waals surface area contributed by atoms with E-state index in [1.54, 1.807) is 11.1 Å². The first kappa shape index (κ1) is 33.5. The van der Waals surface area contributed by atoms with Gasteiger partial charge in [-0.1, -0.05) is 131 Å². The highest BCUT2D eigenvalue weighted by atomic mass is 15.1. The minimum atomic E-state index is 0.0689. The molecule has 55 heavy (non-hydrogen) atoms. The molecule has 0 radical (unpaired) electrons. The molecule has 0 N–H and O–H groups in total. The maximum Gasteiger partial charge on any atom is 0.0502 e. The van der Waals surface area contributed by atoms with E-state index in [1.165, 1.54) is 107 Å². The highest BCUT2D eigenvalue weighted by molar-refractivity contribution is 5.86. The van der Waals surface area contributed by atoms with Gasteiger partial charge in [0.15, 0.2) is 0 Å². The maximum absolute atomic E-state index is 2.63. The van der Waals surface area contributed by atoms with Crippen LogP contribution in [0.15, 0.2) is 140 Å². The van der Waals surface area contributed by atoms with Crippen molar-refractivity contribution in [2.75, 3.05) is 4.90 Å². The van der Waals surface area contributed by atoms with E-state index in [4.69, 9.17) is 0 Å². The van der Waals surface area contributed by atoms with Crippen molar-refractivity contribution in [3.05, 3.63) is 162 Å². The summed E-state index contributed by atoms with van der Waals surface area (Å²) in [5.74, 6) is 3.45. The van der Waals surface area contributed by atoms with Gasteiger partial charge < -0.3 is 4.90 Å². The summed E-state index contributed by atoms with van der Waals surface area (Å²) in [6.07, 6.45) is 9.53. The molecule has 6 aromatic rings. The molecule has 0 amide bonds. The molecule has 1 heteroatoms. The van der Waals surface area contributed by atoms with Crippen molar-refractivity contribution in [2.24, 2.45) is 23.7 Å². The van der Waals surface area contributed by atoms with Gasteiger partial charge in [0.25, 0.3) is 0 Å². The number of hydrogen-bond donors (Lipinski definition) is 0. The van der Waals surface area contributed by atoms with Gasteiger partial charge in [-0.3, -0.25) is 0 Å². The second kappa shape index (κ2) is 12.1. The lowest BCUT2D eigenvalue weighted by Gasteiger charge is -2.61. The molecule has 6 aliphatic carbocycles. The summed E-state index contributed by atoms with van der Waals surface area (Å²) in [4.78, 5) is 2.53. The lowest BCUT2D eigenvalue weighted by molar-refractivity contribution is -0.0399. The summed E-state index contributed by atoms with van der Waals surface area (Å²) in [5.41, 5.74) is 18.5. The van der Waals surface area contributed by atoms with Gasteiger partial charge in [0.1, 0.15) is 0 Å². The zero-order chi connectivity index (χ0) is 37.1. The Bertz CT molecular complexity index is 2400. The van der Waals surface area contributed by atoms with Crippen molar-refractivity contribution in [2.45, 2.75) is 88.9 Å². The second-order valence-electron chi connectivity index (χ2n) is 19.2. The molecule has 6 aliphatic rings. The smallest absolute Gasteiger partial charge is 0.0502 e. The molecule has 12 rings (SSSR count). The average molecular weight is 716 g/mol. The van der Waals surface area contributed by atoms with Crippen LogP contribution >= 0.6 is 0 Å². The van der Waals surface area contributed by atoms with Crippen molar-refractivity contribution >= 4 is 17.1 Å². The molecule has 0 saturated heterocycles. The van der Waals surface area contributed by atoms with Gasteiger partial charge >= 0.3 is 0 Å². The Kier molecular flexibility index (Phi) is 7.34. The van der Waals surface area contributed by atoms with Gasteiger partial charge in [0.05, 0.1) is 5.69 Å². The average Bonchev–Trinajstić information content (AvgIpc) is 3.49. The first-order valence-corrected chi connectivity index (χ1v) is 21.2. The number of rotatable bonds is 5. The van der Waals surface area contributed by atoms with Crippen LogP contribution in [-0.4, -0.2) is 0 Å². The van der Waals surface area contributed by atoms with Gasteiger partial charge in [-0.05, 0) is 171 Å². The van der Waals surface area contributed by atoms with Gasteiger partial charge in [-0.2, -0.15) is 0 Å². The molecular formula is C54H53N. The standard InChI is InChI=1S/C54H53N/c1-52(2)27-28-53(3,4)51-48(52)15-10-16-50(51)55(43-22-17-38(18-23-43)37-11-6-5-7-12-37)44-24-19-39(20-25-44)40-21-26-46-45-13-8-9-14-47(45)54(49(46)34-40)41-30-35-29-36(32-41)33-42(54)31-35/h5-26,34-36,41-42H,27-33H2,1-4H3. The van der Waals surface area contributed by atoms with Crippen molar-refractivity contribution < 1.29 is 0 Å². The fourth-order valence-corrected chi connectivity index (χ4v) is 12.9. The van der Waals surface area contributed by atoms with Crippen molar-refractivity contribution in [3.8, 4) is 33.4 Å². The van der Waals surface area contributed by atoms with Gasteiger partial charge in [-0.15, -0.1) is 0 Å². The first-order chi connectivity index (χ1) is 26.7. The molecule has 0 aliphatic heterocycles. The van der Waals surface area contributed by atoms with Crippen LogP contribution in [0.3, 0.4) is 0 Å². The van der Waals surface area contributed by atoms with Crippen LogP contribution in [-0.2, 0) is 16.2 Å².